The van der Waals surface area contributed by atoms with Crippen LogP contribution in [-0.2, 0) is 4.74 Å². The third kappa shape index (κ3) is 1.72. The van der Waals surface area contributed by atoms with Crippen LogP contribution in [0.15, 0.2) is 11.3 Å². The summed E-state index contributed by atoms with van der Waals surface area (Å²) in [5, 5.41) is 0. The Morgan fingerprint density at radius 1 is 1.23 bits per heavy atom. The molecule has 3 atom stereocenters. The quantitative estimate of drug-likeness (QED) is 0.562. The van der Waals surface area contributed by atoms with Gasteiger partial charge >= 0.3 is 0 Å². The molecular weight excluding hydrogens is 167 g/mol. The third-order valence-corrected chi connectivity index (χ3v) is 3.10. The maximum atomic E-state index is 13.4. The standard InChI is InChI=1S/C11H17FO/c1-7-3-9-5-10(12)8(2)4-11(9)13-6-7/h7-8,10H,3-6H2,1-2H3/t7?,8?,10-/m0/s1. The van der Waals surface area contributed by atoms with Gasteiger partial charge in [-0.2, -0.15) is 0 Å². The molecule has 74 valence electrons. The molecule has 2 rings (SSSR count). The number of alkyl halides is 1. The van der Waals surface area contributed by atoms with Crippen LogP contribution in [0.3, 0.4) is 0 Å². The Morgan fingerprint density at radius 2 is 2.00 bits per heavy atom. The van der Waals surface area contributed by atoms with Gasteiger partial charge in [-0.15, -0.1) is 0 Å². The highest BCUT2D eigenvalue weighted by Crippen LogP contribution is 2.37. The van der Waals surface area contributed by atoms with Gasteiger partial charge in [0.1, 0.15) is 6.17 Å². The molecule has 2 unspecified atom stereocenters. The molecule has 1 aliphatic carbocycles. The summed E-state index contributed by atoms with van der Waals surface area (Å²) in [7, 11) is 0. The van der Waals surface area contributed by atoms with Crippen LogP contribution in [0.5, 0.6) is 0 Å². The first kappa shape index (κ1) is 9.04. The Balaban J connectivity index is 2.14. The first-order valence-electron chi connectivity index (χ1n) is 5.14. The van der Waals surface area contributed by atoms with Gasteiger partial charge in [0, 0.05) is 12.8 Å². The number of ether oxygens (including phenoxy) is 1. The van der Waals surface area contributed by atoms with Crippen molar-refractivity contribution in [3.05, 3.63) is 11.3 Å². The Morgan fingerprint density at radius 3 is 2.77 bits per heavy atom. The number of halogens is 1. The highest BCUT2D eigenvalue weighted by Gasteiger charge is 2.31. The molecule has 0 radical (unpaired) electrons. The lowest BCUT2D eigenvalue weighted by Crippen LogP contribution is -2.26. The van der Waals surface area contributed by atoms with Crippen LogP contribution in [0.2, 0.25) is 0 Å². The summed E-state index contributed by atoms with van der Waals surface area (Å²) >= 11 is 0. The van der Waals surface area contributed by atoms with Gasteiger partial charge in [0.15, 0.2) is 0 Å². The largest absolute Gasteiger partial charge is 0.498 e. The Labute approximate surface area is 79.0 Å². The van der Waals surface area contributed by atoms with E-state index in [1.54, 1.807) is 0 Å². The maximum Gasteiger partial charge on any atom is 0.107 e. The predicted molar refractivity (Wildman–Crippen MR) is 50.1 cm³/mol. The van der Waals surface area contributed by atoms with Gasteiger partial charge < -0.3 is 4.74 Å². The number of hydrogen-bond acceptors (Lipinski definition) is 1. The van der Waals surface area contributed by atoms with E-state index in [0.717, 1.165) is 25.2 Å². The van der Waals surface area contributed by atoms with Crippen LogP contribution in [0.4, 0.5) is 4.39 Å². The van der Waals surface area contributed by atoms with E-state index in [1.807, 2.05) is 6.92 Å². The van der Waals surface area contributed by atoms with Crippen molar-refractivity contribution in [2.45, 2.75) is 39.3 Å². The smallest absolute Gasteiger partial charge is 0.107 e. The fourth-order valence-electron chi connectivity index (χ4n) is 2.20. The molecule has 0 saturated heterocycles. The van der Waals surface area contributed by atoms with Crippen molar-refractivity contribution in [1.82, 2.24) is 0 Å². The van der Waals surface area contributed by atoms with Crippen molar-refractivity contribution in [2.75, 3.05) is 6.61 Å². The van der Waals surface area contributed by atoms with Crippen molar-refractivity contribution in [3.63, 3.8) is 0 Å². The fourth-order valence-corrected chi connectivity index (χ4v) is 2.20. The minimum absolute atomic E-state index is 0.146. The third-order valence-electron chi connectivity index (χ3n) is 3.10. The SMILES string of the molecule is CC1COC2=C(C1)C[C@H](F)C(C)C2. The molecule has 0 aromatic rings. The lowest BCUT2D eigenvalue weighted by molar-refractivity contribution is 0.0985. The number of hydrogen-bond donors (Lipinski definition) is 0. The van der Waals surface area contributed by atoms with E-state index < -0.39 is 6.17 Å². The first-order valence-corrected chi connectivity index (χ1v) is 5.14. The van der Waals surface area contributed by atoms with Gasteiger partial charge in [0.25, 0.3) is 0 Å². The van der Waals surface area contributed by atoms with Crippen LogP contribution in [0.1, 0.15) is 33.1 Å². The van der Waals surface area contributed by atoms with E-state index in [0.29, 0.717) is 12.3 Å². The summed E-state index contributed by atoms with van der Waals surface area (Å²) in [5.41, 5.74) is 1.24. The van der Waals surface area contributed by atoms with Crippen LogP contribution in [-0.4, -0.2) is 12.8 Å². The molecule has 0 amide bonds. The molecule has 1 aliphatic heterocycles. The van der Waals surface area contributed by atoms with Crippen molar-refractivity contribution in [2.24, 2.45) is 11.8 Å². The Hall–Kier alpha value is -0.530. The molecule has 0 N–H and O–H groups in total. The fraction of sp³-hybridized carbons (Fsp3) is 0.818. The van der Waals surface area contributed by atoms with E-state index >= 15 is 0 Å². The lowest BCUT2D eigenvalue weighted by Gasteiger charge is -2.33. The van der Waals surface area contributed by atoms with Crippen molar-refractivity contribution in [1.29, 1.82) is 0 Å². The summed E-state index contributed by atoms with van der Waals surface area (Å²) in [4.78, 5) is 0. The minimum Gasteiger partial charge on any atom is -0.498 e. The monoisotopic (exact) mass is 184 g/mol. The van der Waals surface area contributed by atoms with E-state index in [1.165, 1.54) is 5.57 Å². The minimum atomic E-state index is -0.646. The summed E-state index contributed by atoms with van der Waals surface area (Å²) in [6, 6.07) is 0. The molecule has 0 fully saturated rings. The summed E-state index contributed by atoms with van der Waals surface area (Å²) in [6.45, 7) is 4.95. The summed E-state index contributed by atoms with van der Waals surface area (Å²) in [6.07, 6.45) is 1.82. The molecule has 0 bridgehead atoms. The zero-order valence-corrected chi connectivity index (χ0v) is 8.35. The number of allylic oxidation sites excluding steroid dienone is 2. The average Bonchev–Trinajstić information content (AvgIpc) is 2.08. The highest BCUT2D eigenvalue weighted by molar-refractivity contribution is 5.17. The Bertz CT molecular complexity index is 234. The second-order valence-corrected chi connectivity index (χ2v) is 4.55. The molecule has 13 heavy (non-hydrogen) atoms. The molecule has 1 nitrogen and oxygen atoms in total. The van der Waals surface area contributed by atoms with E-state index in [-0.39, 0.29) is 5.92 Å². The molecule has 0 spiro atoms. The second-order valence-electron chi connectivity index (χ2n) is 4.55. The zero-order valence-electron chi connectivity index (χ0n) is 8.35. The van der Waals surface area contributed by atoms with Gasteiger partial charge in [-0.05, 0) is 23.8 Å². The highest BCUT2D eigenvalue weighted by atomic mass is 19.1. The molecule has 0 aromatic heterocycles. The molecule has 2 heteroatoms. The van der Waals surface area contributed by atoms with Crippen LogP contribution in [0.25, 0.3) is 0 Å². The lowest BCUT2D eigenvalue weighted by atomic mass is 9.83. The van der Waals surface area contributed by atoms with Crippen molar-refractivity contribution >= 4 is 0 Å². The molecule has 0 aromatic carbocycles. The van der Waals surface area contributed by atoms with Crippen molar-refractivity contribution in [3.8, 4) is 0 Å². The van der Waals surface area contributed by atoms with Crippen molar-refractivity contribution < 1.29 is 9.13 Å². The van der Waals surface area contributed by atoms with Crippen LogP contribution in [0, 0.1) is 11.8 Å². The normalized spacial score (nSPS) is 39.8. The zero-order chi connectivity index (χ0) is 9.42. The second kappa shape index (κ2) is 3.32. The van der Waals surface area contributed by atoms with Crippen LogP contribution < -0.4 is 0 Å². The Kier molecular flexibility index (Phi) is 2.31. The van der Waals surface area contributed by atoms with E-state index in [4.69, 9.17) is 4.74 Å². The first-order chi connectivity index (χ1) is 6.16. The van der Waals surface area contributed by atoms with Gasteiger partial charge in [0.2, 0.25) is 0 Å². The molecule has 2 aliphatic rings. The van der Waals surface area contributed by atoms with E-state index in [9.17, 15) is 4.39 Å². The van der Waals surface area contributed by atoms with E-state index in [2.05, 4.69) is 6.92 Å². The summed E-state index contributed by atoms with van der Waals surface area (Å²) < 4.78 is 19.0. The number of rotatable bonds is 0. The topological polar surface area (TPSA) is 9.23 Å². The molecule has 0 saturated carbocycles. The van der Waals surface area contributed by atoms with Crippen LogP contribution >= 0.6 is 0 Å². The van der Waals surface area contributed by atoms with Gasteiger partial charge in [-0.1, -0.05) is 13.8 Å². The maximum absolute atomic E-state index is 13.4. The molecular formula is C11H17FO. The molecule has 1 heterocycles. The van der Waals surface area contributed by atoms with Gasteiger partial charge in [-0.25, -0.2) is 4.39 Å². The average molecular weight is 184 g/mol. The predicted octanol–water partition coefficient (Wildman–Crippen LogP) is 3.06. The van der Waals surface area contributed by atoms with Gasteiger partial charge in [-0.3, -0.25) is 0 Å². The summed E-state index contributed by atoms with van der Waals surface area (Å²) in [5.74, 6) is 1.81. The van der Waals surface area contributed by atoms with Gasteiger partial charge in [0.05, 0.1) is 12.4 Å².